The third kappa shape index (κ3) is 6.77. The molecule has 0 bridgehead atoms. The summed E-state index contributed by atoms with van der Waals surface area (Å²) in [5.74, 6) is -2.59. The van der Waals surface area contributed by atoms with Crippen LogP contribution in [-0.2, 0) is 19.1 Å². The van der Waals surface area contributed by atoms with Crippen molar-refractivity contribution in [1.29, 1.82) is 0 Å². The van der Waals surface area contributed by atoms with Gasteiger partial charge in [-0.3, -0.25) is 14.4 Å². The van der Waals surface area contributed by atoms with Crippen molar-refractivity contribution in [2.45, 2.75) is 161 Å². The first-order valence-corrected chi connectivity index (χ1v) is 18.1. The van der Waals surface area contributed by atoms with Crippen LogP contribution in [0.2, 0.25) is 0 Å². The largest absolute Gasteiger partial charge is 0.458 e. The van der Waals surface area contributed by atoms with Crippen molar-refractivity contribution in [1.82, 2.24) is 0 Å². The van der Waals surface area contributed by atoms with E-state index in [1.807, 2.05) is 0 Å². The number of ketones is 2. The lowest BCUT2D eigenvalue weighted by Crippen LogP contribution is -2.69. The normalized spacial score (nSPS) is 37.0. The maximum atomic E-state index is 17.3. The number of aliphatic hydroxyl groups is 2. The molecule has 0 unspecified atom stereocenters. The van der Waals surface area contributed by atoms with E-state index in [0.717, 1.165) is 12.8 Å². The molecule has 0 aromatic heterocycles. The van der Waals surface area contributed by atoms with Gasteiger partial charge in [0.15, 0.2) is 18.1 Å². The van der Waals surface area contributed by atoms with Crippen LogP contribution in [0.1, 0.15) is 143 Å². The molecule has 3 saturated carbocycles. The van der Waals surface area contributed by atoms with E-state index >= 15 is 4.39 Å². The van der Waals surface area contributed by atoms with E-state index in [-0.39, 0.29) is 24.5 Å². The zero-order valence-electron chi connectivity index (χ0n) is 28.4. The number of hydrogen-bond donors (Lipinski definition) is 2. The highest BCUT2D eigenvalue weighted by molar-refractivity contribution is 6.01. The molecule has 0 aliphatic heterocycles. The van der Waals surface area contributed by atoms with Crippen molar-refractivity contribution < 1.29 is 33.7 Å². The van der Waals surface area contributed by atoms with Crippen molar-refractivity contribution in [3.05, 3.63) is 23.8 Å². The van der Waals surface area contributed by atoms with Gasteiger partial charge in [-0.05, 0) is 63.0 Å². The van der Waals surface area contributed by atoms with Crippen molar-refractivity contribution >= 4 is 17.5 Å². The molecule has 2 N–H and O–H groups in total. The minimum absolute atomic E-state index is 0.0885. The highest BCUT2D eigenvalue weighted by Crippen LogP contribution is 2.70. The Morgan fingerprint density at radius 3 is 2.13 bits per heavy atom. The smallest absolute Gasteiger partial charge is 0.306 e. The van der Waals surface area contributed by atoms with Gasteiger partial charge in [-0.1, -0.05) is 109 Å². The van der Waals surface area contributed by atoms with Gasteiger partial charge in [0.25, 0.3) is 0 Å². The second-order valence-corrected chi connectivity index (χ2v) is 15.2. The number of rotatable bonds is 17. The fourth-order valence-electron chi connectivity index (χ4n) is 9.76. The SMILES string of the molecule is CCCCCCCCCCCCCCCC(=O)OCC(=O)[C@@]1(O)[C@H](C)C[C@H]2[C@@H]3CCC4=CC(=O)C=C[C@@]4(C)[C@@]3(F)[C@@H](O)C[C@@]21C. The number of aliphatic hydroxyl groups excluding tert-OH is 1. The highest BCUT2D eigenvalue weighted by atomic mass is 19.1. The summed E-state index contributed by atoms with van der Waals surface area (Å²) in [6.07, 6.45) is 20.4. The summed E-state index contributed by atoms with van der Waals surface area (Å²) in [5.41, 5.74) is -5.36. The Morgan fingerprint density at radius 1 is 0.956 bits per heavy atom. The van der Waals surface area contributed by atoms with E-state index in [0.29, 0.717) is 31.3 Å². The topological polar surface area (TPSA) is 101 Å². The summed E-state index contributed by atoms with van der Waals surface area (Å²) >= 11 is 0. The van der Waals surface area contributed by atoms with E-state index in [2.05, 4.69) is 6.92 Å². The summed E-state index contributed by atoms with van der Waals surface area (Å²) in [6, 6.07) is 0. The van der Waals surface area contributed by atoms with Gasteiger partial charge in [-0.2, -0.15) is 0 Å². The average molecular weight is 631 g/mol. The molecule has 0 amide bonds. The molecule has 0 saturated heterocycles. The molecular weight excluding hydrogens is 571 g/mol. The molecule has 8 atom stereocenters. The van der Waals surface area contributed by atoms with Crippen molar-refractivity contribution in [2.75, 3.05) is 6.61 Å². The predicted octanol–water partition coefficient (Wildman–Crippen LogP) is 7.93. The van der Waals surface area contributed by atoms with E-state index in [1.54, 1.807) is 26.8 Å². The first kappa shape index (κ1) is 36.0. The number of fused-ring (bicyclic) bond motifs is 5. The summed E-state index contributed by atoms with van der Waals surface area (Å²) in [5, 5.41) is 23.6. The Morgan fingerprint density at radius 2 is 1.53 bits per heavy atom. The number of alkyl halides is 1. The van der Waals surface area contributed by atoms with E-state index < -0.39 is 58.4 Å². The monoisotopic (exact) mass is 630 g/mol. The zero-order chi connectivity index (χ0) is 32.9. The fourth-order valence-corrected chi connectivity index (χ4v) is 9.76. The first-order valence-electron chi connectivity index (χ1n) is 18.1. The third-order valence-electron chi connectivity index (χ3n) is 12.5. The second kappa shape index (κ2) is 14.9. The molecule has 0 radical (unpaired) electrons. The van der Waals surface area contributed by atoms with Crippen LogP contribution in [0.3, 0.4) is 0 Å². The van der Waals surface area contributed by atoms with Gasteiger partial charge in [-0.25, -0.2) is 4.39 Å². The lowest BCUT2D eigenvalue weighted by Gasteiger charge is -2.62. The predicted molar refractivity (Wildman–Crippen MR) is 174 cm³/mol. The number of carbonyl (C=O) groups excluding carboxylic acids is 3. The fraction of sp³-hybridized carbons (Fsp3) is 0.816. The van der Waals surface area contributed by atoms with Gasteiger partial charge in [0.05, 0.1) is 6.10 Å². The Balaban J connectivity index is 1.24. The van der Waals surface area contributed by atoms with Crippen LogP contribution in [0.5, 0.6) is 0 Å². The third-order valence-corrected chi connectivity index (χ3v) is 12.5. The van der Waals surface area contributed by atoms with E-state index in [4.69, 9.17) is 4.74 Å². The molecule has 254 valence electrons. The lowest BCUT2D eigenvalue weighted by atomic mass is 9.44. The maximum absolute atomic E-state index is 17.3. The molecule has 7 heteroatoms. The zero-order valence-corrected chi connectivity index (χ0v) is 28.4. The van der Waals surface area contributed by atoms with Gasteiger partial charge >= 0.3 is 5.97 Å². The Kier molecular flexibility index (Phi) is 11.9. The number of halogens is 1. The molecule has 4 aliphatic rings. The quantitative estimate of drug-likeness (QED) is 0.125. The van der Waals surface area contributed by atoms with Gasteiger partial charge in [-0.15, -0.1) is 0 Å². The molecule has 6 nitrogen and oxygen atoms in total. The maximum Gasteiger partial charge on any atom is 0.306 e. The Bertz CT molecular complexity index is 1130. The number of allylic oxidation sites excluding steroid dienone is 4. The van der Waals surface area contributed by atoms with Crippen LogP contribution >= 0.6 is 0 Å². The second-order valence-electron chi connectivity index (χ2n) is 15.2. The van der Waals surface area contributed by atoms with E-state index in [9.17, 15) is 24.6 Å². The lowest BCUT2D eigenvalue weighted by molar-refractivity contribution is -0.220. The van der Waals surface area contributed by atoms with Crippen molar-refractivity contribution in [3.8, 4) is 0 Å². The minimum Gasteiger partial charge on any atom is -0.458 e. The highest BCUT2D eigenvalue weighted by Gasteiger charge is 2.75. The molecule has 3 fully saturated rings. The Labute approximate surface area is 270 Å². The summed E-state index contributed by atoms with van der Waals surface area (Å²) in [4.78, 5) is 38.2. The van der Waals surface area contributed by atoms with Crippen molar-refractivity contribution in [2.24, 2.45) is 28.6 Å². The van der Waals surface area contributed by atoms with E-state index in [1.165, 1.54) is 76.4 Å². The molecule has 0 aromatic rings. The number of unbranched alkanes of at least 4 members (excludes halogenated alkanes) is 12. The molecule has 45 heavy (non-hydrogen) atoms. The van der Waals surface area contributed by atoms with Crippen LogP contribution in [-0.4, -0.2) is 51.7 Å². The molecular formula is C38H59FO6. The first-order chi connectivity index (χ1) is 21.4. The van der Waals surface area contributed by atoms with Crippen LogP contribution in [0.25, 0.3) is 0 Å². The number of ether oxygens (including phenoxy) is 1. The summed E-state index contributed by atoms with van der Waals surface area (Å²) < 4.78 is 22.7. The van der Waals surface area contributed by atoms with Crippen molar-refractivity contribution in [3.63, 3.8) is 0 Å². The van der Waals surface area contributed by atoms with Gasteiger partial charge < -0.3 is 14.9 Å². The van der Waals surface area contributed by atoms with Gasteiger partial charge in [0.2, 0.25) is 5.78 Å². The molecule has 0 heterocycles. The summed E-state index contributed by atoms with van der Waals surface area (Å²) in [6.45, 7) is 7.08. The van der Waals surface area contributed by atoms with Crippen LogP contribution in [0.15, 0.2) is 23.8 Å². The van der Waals surface area contributed by atoms with Gasteiger partial charge in [0, 0.05) is 23.2 Å². The Hall–Kier alpha value is -1.86. The average Bonchev–Trinajstić information content (AvgIpc) is 3.20. The molecule has 4 aliphatic carbocycles. The standard InChI is InChI=1S/C38H59FO6/c1-5-6-7-8-9-10-11-12-13-14-15-16-17-18-34(43)45-26-33(42)38(44)27(2)23-31-30-20-19-28-24-29(40)21-22-35(28,3)37(30,39)32(41)25-36(31,38)4/h21-22,24,27,30-32,41,44H,5-20,23,25-26H2,1-4H3/t27-,30+,31+,32+,35-,36+,37+,38+/m1/s1. The molecule has 0 spiro atoms. The van der Waals surface area contributed by atoms with Gasteiger partial charge in [0.1, 0.15) is 5.60 Å². The number of carbonyl (C=O) groups is 3. The van der Waals surface area contributed by atoms with Crippen LogP contribution in [0.4, 0.5) is 4.39 Å². The number of Topliss-reactive ketones (excluding diaryl/α,β-unsaturated/α-hetero) is 1. The number of esters is 1. The molecule has 4 rings (SSSR count). The summed E-state index contributed by atoms with van der Waals surface area (Å²) in [7, 11) is 0. The molecule has 0 aromatic carbocycles. The van der Waals surface area contributed by atoms with Crippen LogP contribution < -0.4 is 0 Å². The van der Waals surface area contributed by atoms with Crippen LogP contribution in [0, 0.1) is 28.6 Å². The number of hydrogen-bond acceptors (Lipinski definition) is 6. The minimum atomic E-state index is -2.02.